The summed E-state index contributed by atoms with van der Waals surface area (Å²) in [6.45, 7) is 1.92. The average molecular weight is 658 g/mol. The minimum Gasteiger partial charge on any atom is -0.478 e. The molecule has 3 N–H and O–H groups in total. The number of nitrogens with zero attached hydrogens (tertiary/aromatic N) is 2. The smallest absolute Gasteiger partial charge is 0.338 e. The molecule has 6 rings (SSSR count). The molecule has 1 aliphatic rings. The fourth-order valence-corrected chi connectivity index (χ4v) is 7.77. The summed E-state index contributed by atoms with van der Waals surface area (Å²) in [6, 6.07) is 26.0. The summed E-state index contributed by atoms with van der Waals surface area (Å²) in [5.41, 5.74) is 3.06. The molecule has 5 aromatic rings. The number of carboxylic acids is 1. The molecule has 1 unspecified atom stereocenters. The second-order valence-corrected chi connectivity index (χ2v) is 13.5. The minimum atomic E-state index is -3.99. The molecule has 1 saturated heterocycles. The monoisotopic (exact) mass is 657 g/mol. The molecule has 236 valence electrons. The van der Waals surface area contributed by atoms with E-state index in [0.717, 1.165) is 11.1 Å². The molecule has 0 spiro atoms. The standard InChI is InChI=1S/C34H31N3O7S2/c1-21-28(20-45-32-27(33(39)40)10-5-17-36-32)43-34(44-31(21)24-14-12-22(19-38)13-15-24)25-7-2-9-26(18-25)37-46(41,42)29-11-3-6-23-8-4-16-35-30(23)29/h2-18,21,28,31,34,37-38H,19-20H2,1H3,(H,39,40)/t21-,28+,31+,34?/m0/s1. The highest BCUT2D eigenvalue weighted by Crippen LogP contribution is 2.43. The van der Waals surface area contributed by atoms with Gasteiger partial charge in [-0.15, -0.1) is 11.8 Å². The van der Waals surface area contributed by atoms with Gasteiger partial charge in [0.05, 0.1) is 29.9 Å². The van der Waals surface area contributed by atoms with Crippen molar-refractivity contribution in [2.24, 2.45) is 5.92 Å². The fraction of sp³-hybridized carbons (Fsp3) is 0.206. The van der Waals surface area contributed by atoms with E-state index < -0.39 is 34.5 Å². The lowest BCUT2D eigenvalue weighted by Crippen LogP contribution is -2.38. The number of aromatic carboxylic acids is 1. The number of para-hydroxylation sites is 1. The van der Waals surface area contributed by atoms with E-state index in [-0.39, 0.29) is 23.0 Å². The number of carbonyl (C=O) groups is 1. The number of carboxylic acid groups (broad SMARTS) is 1. The van der Waals surface area contributed by atoms with Crippen molar-refractivity contribution in [1.29, 1.82) is 0 Å². The number of sulfonamides is 1. The van der Waals surface area contributed by atoms with Crippen LogP contribution in [-0.2, 0) is 26.1 Å². The molecule has 3 aromatic carbocycles. The Labute approximate surface area is 270 Å². The molecule has 0 bridgehead atoms. The highest BCUT2D eigenvalue weighted by atomic mass is 32.2. The number of hydrogen-bond acceptors (Lipinski definition) is 9. The Morgan fingerprint density at radius 1 is 0.913 bits per heavy atom. The Morgan fingerprint density at radius 2 is 1.65 bits per heavy atom. The van der Waals surface area contributed by atoms with Gasteiger partial charge in [0.25, 0.3) is 10.0 Å². The van der Waals surface area contributed by atoms with Crippen molar-refractivity contribution in [3.63, 3.8) is 0 Å². The van der Waals surface area contributed by atoms with Crippen LogP contribution < -0.4 is 4.72 Å². The number of hydrogen-bond donors (Lipinski definition) is 3. The van der Waals surface area contributed by atoms with Gasteiger partial charge in [-0.25, -0.2) is 18.2 Å². The molecule has 10 nitrogen and oxygen atoms in total. The second kappa shape index (κ2) is 13.6. The largest absolute Gasteiger partial charge is 0.478 e. The molecule has 0 saturated carbocycles. The van der Waals surface area contributed by atoms with Crippen LogP contribution in [0.2, 0.25) is 0 Å². The van der Waals surface area contributed by atoms with Crippen LogP contribution in [0.1, 0.15) is 46.4 Å². The first-order valence-electron chi connectivity index (χ1n) is 14.5. The van der Waals surface area contributed by atoms with Crippen LogP contribution in [0, 0.1) is 5.92 Å². The zero-order valence-corrected chi connectivity index (χ0v) is 26.3. The fourth-order valence-electron chi connectivity index (χ4n) is 5.39. The molecule has 0 amide bonds. The first-order valence-corrected chi connectivity index (χ1v) is 17.0. The molecule has 4 atom stereocenters. The van der Waals surface area contributed by atoms with Crippen molar-refractivity contribution < 1.29 is 32.9 Å². The third-order valence-electron chi connectivity index (χ3n) is 7.81. The van der Waals surface area contributed by atoms with Crippen molar-refractivity contribution in [3.05, 3.63) is 126 Å². The van der Waals surface area contributed by atoms with Crippen LogP contribution in [0.25, 0.3) is 10.9 Å². The molecule has 0 radical (unpaired) electrons. The van der Waals surface area contributed by atoms with Crippen LogP contribution in [0.5, 0.6) is 0 Å². The van der Waals surface area contributed by atoms with Gasteiger partial charge in [0, 0.05) is 40.7 Å². The Hall–Kier alpha value is -4.33. The summed E-state index contributed by atoms with van der Waals surface area (Å²) in [7, 11) is -3.99. The zero-order chi connectivity index (χ0) is 32.3. The molecular weight excluding hydrogens is 627 g/mol. The summed E-state index contributed by atoms with van der Waals surface area (Å²) < 4.78 is 42.7. The number of rotatable bonds is 10. The number of anilines is 1. The van der Waals surface area contributed by atoms with Crippen molar-refractivity contribution in [3.8, 4) is 0 Å². The van der Waals surface area contributed by atoms with Crippen molar-refractivity contribution in [2.75, 3.05) is 10.5 Å². The Morgan fingerprint density at radius 3 is 2.43 bits per heavy atom. The highest BCUT2D eigenvalue weighted by molar-refractivity contribution is 7.99. The minimum absolute atomic E-state index is 0.0636. The number of fused-ring (bicyclic) bond motifs is 1. The lowest BCUT2D eigenvalue weighted by molar-refractivity contribution is -0.268. The summed E-state index contributed by atoms with van der Waals surface area (Å²) in [4.78, 5) is 20.4. The molecule has 1 aliphatic heterocycles. The maximum absolute atomic E-state index is 13.5. The van der Waals surface area contributed by atoms with Gasteiger partial charge >= 0.3 is 5.97 Å². The van der Waals surface area contributed by atoms with E-state index in [0.29, 0.717) is 32.9 Å². The van der Waals surface area contributed by atoms with E-state index >= 15 is 0 Å². The maximum Gasteiger partial charge on any atom is 0.338 e. The van der Waals surface area contributed by atoms with Crippen LogP contribution >= 0.6 is 11.8 Å². The number of ether oxygens (including phenoxy) is 2. The third kappa shape index (κ3) is 6.76. The van der Waals surface area contributed by atoms with Crippen molar-refractivity contribution in [1.82, 2.24) is 9.97 Å². The van der Waals surface area contributed by atoms with Crippen LogP contribution in [0.3, 0.4) is 0 Å². The number of aliphatic hydroxyl groups is 1. The van der Waals surface area contributed by atoms with Crippen molar-refractivity contribution >= 4 is 44.3 Å². The second-order valence-electron chi connectivity index (χ2n) is 10.9. The molecule has 1 fully saturated rings. The van der Waals surface area contributed by atoms with E-state index in [1.54, 1.807) is 67.0 Å². The molecular formula is C34H31N3O7S2. The van der Waals surface area contributed by atoms with Gasteiger partial charge in [0.2, 0.25) is 0 Å². The summed E-state index contributed by atoms with van der Waals surface area (Å²) in [5.74, 6) is -0.819. The number of aliphatic hydroxyl groups excluding tert-OH is 1. The van der Waals surface area contributed by atoms with E-state index in [9.17, 15) is 23.4 Å². The topological polar surface area (TPSA) is 148 Å². The quantitative estimate of drug-likeness (QED) is 0.148. The predicted octanol–water partition coefficient (Wildman–Crippen LogP) is 6.20. The molecule has 0 aliphatic carbocycles. The highest BCUT2D eigenvalue weighted by Gasteiger charge is 2.38. The zero-order valence-electron chi connectivity index (χ0n) is 24.7. The molecule has 2 aromatic heterocycles. The average Bonchev–Trinajstić information content (AvgIpc) is 3.07. The van der Waals surface area contributed by atoms with Gasteiger partial charge in [-0.05, 0) is 47.5 Å². The van der Waals surface area contributed by atoms with Gasteiger partial charge < -0.3 is 19.7 Å². The van der Waals surface area contributed by atoms with Gasteiger partial charge in [-0.2, -0.15) is 0 Å². The first kappa shape index (κ1) is 31.6. The SMILES string of the molecule is C[C@H]1[C@@H](CSc2ncccc2C(=O)O)OC(c2cccc(NS(=O)(=O)c3cccc4cccnc34)c2)O[C@H]1c1ccc(CO)cc1. The summed E-state index contributed by atoms with van der Waals surface area (Å²) in [5, 5.41) is 20.3. The number of pyridine rings is 2. The third-order valence-corrected chi connectivity index (χ3v) is 10.3. The van der Waals surface area contributed by atoms with E-state index in [4.69, 9.17) is 9.47 Å². The van der Waals surface area contributed by atoms with Crippen LogP contribution in [0.4, 0.5) is 5.69 Å². The van der Waals surface area contributed by atoms with Crippen LogP contribution in [-0.4, -0.2) is 46.4 Å². The molecule has 12 heteroatoms. The Balaban J connectivity index is 1.29. The van der Waals surface area contributed by atoms with E-state index in [1.165, 1.54) is 23.9 Å². The normalized spacial score (nSPS) is 20.0. The Bertz CT molecular complexity index is 1970. The van der Waals surface area contributed by atoms with Crippen LogP contribution in [0.15, 0.2) is 113 Å². The van der Waals surface area contributed by atoms with Gasteiger partial charge in [0.15, 0.2) is 6.29 Å². The van der Waals surface area contributed by atoms with Gasteiger partial charge in [0.1, 0.15) is 9.92 Å². The maximum atomic E-state index is 13.5. The lowest BCUT2D eigenvalue weighted by atomic mass is 9.91. The predicted molar refractivity (Wildman–Crippen MR) is 174 cm³/mol. The number of thioether (sulfide) groups is 1. The Kier molecular flexibility index (Phi) is 9.34. The number of nitrogens with one attached hydrogen (secondary N) is 1. The van der Waals surface area contributed by atoms with Gasteiger partial charge in [-0.3, -0.25) is 9.71 Å². The number of benzene rings is 3. The van der Waals surface area contributed by atoms with E-state index in [1.807, 2.05) is 31.2 Å². The van der Waals surface area contributed by atoms with Gasteiger partial charge in [-0.1, -0.05) is 61.5 Å². The van der Waals surface area contributed by atoms with Crippen molar-refractivity contribution in [2.45, 2.75) is 42.0 Å². The molecule has 46 heavy (non-hydrogen) atoms. The summed E-state index contributed by atoms with van der Waals surface area (Å²) >= 11 is 1.29. The molecule has 3 heterocycles. The first-order chi connectivity index (χ1) is 22.2. The summed E-state index contributed by atoms with van der Waals surface area (Å²) in [6.07, 6.45) is 1.44. The number of aromatic nitrogens is 2. The lowest BCUT2D eigenvalue weighted by Gasteiger charge is -2.41. The van der Waals surface area contributed by atoms with E-state index in [2.05, 4.69) is 14.7 Å².